The maximum atomic E-state index is 11.6. The molecule has 1 atom stereocenters. The Morgan fingerprint density at radius 3 is 2.38 bits per heavy atom. The molecular weight excluding hydrogens is 206 g/mol. The largest absolute Gasteiger partial charge is 0.352 e. The van der Waals surface area contributed by atoms with E-state index in [1.54, 1.807) is 0 Å². The number of hydrogen-bond acceptors (Lipinski definition) is 3. The molecule has 0 bridgehead atoms. The standard InChI is InChI=1S/C11H21N3O2/c1-11(2,3)9(12)10(16)13-6-8(15)14-7-4-5-7/h7,9H,4-6,12H2,1-3H3,(H,13,16)(H,14,15). The van der Waals surface area contributed by atoms with Gasteiger partial charge in [-0.2, -0.15) is 0 Å². The first-order valence-electron chi connectivity index (χ1n) is 5.63. The summed E-state index contributed by atoms with van der Waals surface area (Å²) < 4.78 is 0. The molecule has 0 aliphatic heterocycles. The van der Waals surface area contributed by atoms with Crippen molar-refractivity contribution in [2.24, 2.45) is 11.1 Å². The molecule has 1 aliphatic carbocycles. The Morgan fingerprint density at radius 1 is 1.38 bits per heavy atom. The number of nitrogens with two attached hydrogens (primary N) is 1. The number of hydrogen-bond donors (Lipinski definition) is 3. The van der Waals surface area contributed by atoms with Gasteiger partial charge in [-0.1, -0.05) is 20.8 Å². The normalized spacial score (nSPS) is 17.8. The first-order valence-corrected chi connectivity index (χ1v) is 5.63. The second-order valence-electron chi connectivity index (χ2n) is 5.40. The van der Waals surface area contributed by atoms with Crippen LogP contribution in [-0.4, -0.2) is 30.4 Å². The fourth-order valence-electron chi connectivity index (χ4n) is 1.18. The molecule has 1 fully saturated rings. The summed E-state index contributed by atoms with van der Waals surface area (Å²) in [4.78, 5) is 22.9. The second-order valence-corrected chi connectivity index (χ2v) is 5.40. The van der Waals surface area contributed by atoms with Gasteiger partial charge < -0.3 is 16.4 Å². The van der Waals surface area contributed by atoms with E-state index < -0.39 is 6.04 Å². The highest BCUT2D eigenvalue weighted by atomic mass is 16.2. The van der Waals surface area contributed by atoms with Gasteiger partial charge in [0.05, 0.1) is 12.6 Å². The van der Waals surface area contributed by atoms with Crippen LogP contribution in [0.2, 0.25) is 0 Å². The van der Waals surface area contributed by atoms with Crippen LogP contribution in [0.5, 0.6) is 0 Å². The van der Waals surface area contributed by atoms with Gasteiger partial charge in [0.15, 0.2) is 0 Å². The monoisotopic (exact) mass is 227 g/mol. The Kier molecular flexibility index (Phi) is 3.91. The van der Waals surface area contributed by atoms with Crippen LogP contribution >= 0.6 is 0 Å². The molecule has 1 rings (SSSR count). The summed E-state index contributed by atoms with van der Waals surface area (Å²) >= 11 is 0. The molecule has 5 heteroatoms. The van der Waals surface area contributed by atoms with Crippen molar-refractivity contribution >= 4 is 11.8 Å². The van der Waals surface area contributed by atoms with Crippen molar-refractivity contribution in [1.29, 1.82) is 0 Å². The zero-order chi connectivity index (χ0) is 12.3. The molecule has 2 amide bonds. The van der Waals surface area contributed by atoms with E-state index in [0.717, 1.165) is 12.8 Å². The zero-order valence-corrected chi connectivity index (χ0v) is 10.2. The van der Waals surface area contributed by atoms with Crippen LogP contribution in [0.15, 0.2) is 0 Å². The lowest BCUT2D eigenvalue weighted by molar-refractivity contribution is -0.128. The minimum atomic E-state index is -0.596. The van der Waals surface area contributed by atoms with Crippen molar-refractivity contribution < 1.29 is 9.59 Å². The Hall–Kier alpha value is -1.10. The maximum absolute atomic E-state index is 11.6. The summed E-state index contributed by atoms with van der Waals surface area (Å²) in [5.41, 5.74) is 5.46. The number of nitrogens with one attached hydrogen (secondary N) is 2. The minimum Gasteiger partial charge on any atom is -0.352 e. The lowest BCUT2D eigenvalue weighted by atomic mass is 9.87. The van der Waals surface area contributed by atoms with Crippen molar-refractivity contribution in [2.45, 2.75) is 45.7 Å². The molecule has 0 aromatic carbocycles. The third-order valence-electron chi connectivity index (χ3n) is 2.58. The highest BCUT2D eigenvalue weighted by molar-refractivity contribution is 5.87. The lowest BCUT2D eigenvalue weighted by Gasteiger charge is -2.25. The molecule has 5 nitrogen and oxygen atoms in total. The molecule has 0 radical (unpaired) electrons. The van der Waals surface area contributed by atoms with Gasteiger partial charge in [-0.25, -0.2) is 0 Å². The predicted octanol–water partition coefficient (Wildman–Crippen LogP) is -0.245. The molecule has 1 aliphatic rings. The fourth-order valence-corrected chi connectivity index (χ4v) is 1.18. The van der Waals surface area contributed by atoms with Crippen molar-refractivity contribution in [2.75, 3.05) is 6.54 Å². The van der Waals surface area contributed by atoms with Crippen LogP contribution in [0.25, 0.3) is 0 Å². The molecule has 1 unspecified atom stereocenters. The summed E-state index contributed by atoms with van der Waals surface area (Å²) in [5.74, 6) is -0.421. The molecule has 0 aromatic rings. The quantitative estimate of drug-likeness (QED) is 0.619. The summed E-state index contributed by atoms with van der Waals surface area (Å²) in [6.07, 6.45) is 2.09. The summed E-state index contributed by atoms with van der Waals surface area (Å²) in [5, 5.41) is 5.34. The average Bonchev–Trinajstić information content (AvgIpc) is 2.95. The van der Waals surface area contributed by atoms with Crippen LogP contribution in [0.3, 0.4) is 0 Å². The topological polar surface area (TPSA) is 84.2 Å². The summed E-state index contributed by atoms with van der Waals surface area (Å²) in [6.45, 7) is 5.68. The SMILES string of the molecule is CC(C)(C)C(N)C(=O)NCC(=O)NC1CC1. The van der Waals surface area contributed by atoms with E-state index in [9.17, 15) is 9.59 Å². The van der Waals surface area contributed by atoms with E-state index in [1.807, 2.05) is 20.8 Å². The van der Waals surface area contributed by atoms with Gasteiger partial charge in [-0.15, -0.1) is 0 Å². The fraction of sp³-hybridized carbons (Fsp3) is 0.818. The van der Waals surface area contributed by atoms with Gasteiger partial charge in [0, 0.05) is 6.04 Å². The van der Waals surface area contributed by atoms with Gasteiger partial charge in [-0.3, -0.25) is 9.59 Å². The molecule has 0 heterocycles. The first kappa shape index (κ1) is 13.0. The van der Waals surface area contributed by atoms with E-state index in [4.69, 9.17) is 5.73 Å². The zero-order valence-electron chi connectivity index (χ0n) is 10.2. The minimum absolute atomic E-state index is 0.0130. The van der Waals surface area contributed by atoms with Crippen LogP contribution in [-0.2, 0) is 9.59 Å². The highest BCUT2D eigenvalue weighted by Gasteiger charge is 2.28. The van der Waals surface area contributed by atoms with Crippen molar-refractivity contribution in [3.05, 3.63) is 0 Å². The van der Waals surface area contributed by atoms with Gasteiger partial charge in [0.2, 0.25) is 11.8 Å². The smallest absolute Gasteiger partial charge is 0.239 e. The number of carbonyl (C=O) groups excluding carboxylic acids is 2. The Labute approximate surface area is 96.1 Å². The van der Waals surface area contributed by atoms with E-state index in [1.165, 1.54) is 0 Å². The van der Waals surface area contributed by atoms with Crippen LogP contribution < -0.4 is 16.4 Å². The van der Waals surface area contributed by atoms with E-state index >= 15 is 0 Å². The molecule has 0 saturated heterocycles. The predicted molar refractivity (Wildman–Crippen MR) is 61.6 cm³/mol. The number of rotatable bonds is 4. The third kappa shape index (κ3) is 4.18. The van der Waals surface area contributed by atoms with Crippen LogP contribution in [0.1, 0.15) is 33.6 Å². The Morgan fingerprint density at radius 2 is 1.94 bits per heavy atom. The molecule has 16 heavy (non-hydrogen) atoms. The van der Waals surface area contributed by atoms with E-state index in [0.29, 0.717) is 6.04 Å². The molecule has 1 saturated carbocycles. The van der Waals surface area contributed by atoms with Gasteiger partial charge >= 0.3 is 0 Å². The second kappa shape index (κ2) is 4.82. The maximum Gasteiger partial charge on any atom is 0.239 e. The molecule has 0 aromatic heterocycles. The summed E-state index contributed by atoms with van der Waals surface area (Å²) in [6, 6.07) is -0.276. The Bertz CT molecular complexity index is 279. The average molecular weight is 227 g/mol. The molecule has 0 spiro atoms. The van der Waals surface area contributed by atoms with Crippen molar-refractivity contribution in [3.63, 3.8) is 0 Å². The van der Waals surface area contributed by atoms with Crippen LogP contribution in [0.4, 0.5) is 0 Å². The van der Waals surface area contributed by atoms with E-state index in [2.05, 4.69) is 10.6 Å². The first-order chi connectivity index (χ1) is 7.30. The third-order valence-corrected chi connectivity index (χ3v) is 2.58. The highest BCUT2D eigenvalue weighted by Crippen LogP contribution is 2.18. The summed E-state index contributed by atoms with van der Waals surface area (Å²) in [7, 11) is 0. The van der Waals surface area contributed by atoms with Crippen molar-refractivity contribution in [3.8, 4) is 0 Å². The Balaban J connectivity index is 2.25. The van der Waals surface area contributed by atoms with E-state index in [-0.39, 0.29) is 23.8 Å². The van der Waals surface area contributed by atoms with Crippen LogP contribution in [0, 0.1) is 5.41 Å². The lowest BCUT2D eigenvalue weighted by Crippen LogP contribution is -2.50. The molecule has 92 valence electrons. The van der Waals surface area contributed by atoms with Crippen molar-refractivity contribution in [1.82, 2.24) is 10.6 Å². The number of amides is 2. The molecular formula is C11H21N3O2. The van der Waals surface area contributed by atoms with Gasteiger partial charge in [0.1, 0.15) is 0 Å². The van der Waals surface area contributed by atoms with Gasteiger partial charge in [0.25, 0.3) is 0 Å². The molecule has 4 N–H and O–H groups in total. The number of carbonyl (C=O) groups is 2. The van der Waals surface area contributed by atoms with Gasteiger partial charge in [-0.05, 0) is 18.3 Å².